The van der Waals surface area contributed by atoms with Crippen molar-refractivity contribution in [3.63, 3.8) is 0 Å². The molecule has 0 saturated carbocycles. The van der Waals surface area contributed by atoms with Crippen LogP contribution in [0.25, 0.3) is 0 Å². The number of amides is 2. The van der Waals surface area contributed by atoms with E-state index in [2.05, 4.69) is 10.3 Å². The Hall–Kier alpha value is -1.60. The Kier molecular flexibility index (Phi) is 6.01. The number of hydrogen-bond donors (Lipinski definition) is 1. The summed E-state index contributed by atoms with van der Waals surface area (Å²) in [5, 5.41) is 2.67. The summed E-state index contributed by atoms with van der Waals surface area (Å²) < 4.78 is 13.1. The summed E-state index contributed by atoms with van der Waals surface area (Å²) in [5.41, 5.74) is 0.390. The number of carbonyl (C=O) groups is 2. The molecule has 1 aliphatic heterocycles. The van der Waals surface area contributed by atoms with Crippen molar-refractivity contribution in [3.8, 4) is 0 Å². The molecule has 8 heteroatoms. The van der Waals surface area contributed by atoms with Crippen LogP contribution in [0.2, 0.25) is 5.02 Å². The second-order valence-corrected chi connectivity index (χ2v) is 6.47. The van der Waals surface area contributed by atoms with Gasteiger partial charge < -0.3 is 10.2 Å². The van der Waals surface area contributed by atoms with Crippen LogP contribution < -0.4 is 5.32 Å². The van der Waals surface area contributed by atoms with E-state index in [4.69, 9.17) is 11.6 Å². The summed E-state index contributed by atoms with van der Waals surface area (Å²) in [4.78, 5) is 30.0. The molecule has 2 rings (SSSR count). The van der Waals surface area contributed by atoms with Gasteiger partial charge in [0.05, 0.1) is 5.02 Å². The maximum absolute atomic E-state index is 13.1. The number of nitrogens with zero attached hydrogens (tertiary/aromatic N) is 2. The zero-order valence-corrected chi connectivity index (χ0v) is 14.4. The first-order valence-electron chi connectivity index (χ1n) is 7.23. The number of rotatable bonds is 5. The molecule has 0 unspecified atom stereocenters. The molecule has 1 heterocycles. The van der Waals surface area contributed by atoms with E-state index in [1.165, 1.54) is 30.0 Å². The fourth-order valence-corrected chi connectivity index (χ4v) is 3.47. The van der Waals surface area contributed by atoms with Crippen LogP contribution in [-0.2, 0) is 9.59 Å². The number of amidine groups is 1. The molecule has 1 aromatic rings. The minimum absolute atomic E-state index is 0.00671. The fraction of sp³-hybridized carbons (Fsp3) is 0.400. The quantitative estimate of drug-likeness (QED) is 0.879. The topological polar surface area (TPSA) is 61.8 Å². The Balaban J connectivity index is 1.94. The van der Waals surface area contributed by atoms with E-state index in [9.17, 15) is 14.0 Å². The van der Waals surface area contributed by atoms with E-state index >= 15 is 0 Å². The van der Waals surface area contributed by atoms with E-state index in [0.29, 0.717) is 10.9 Å². The van der Waals surface area contributed by atoms with Crippen LogP contribution in [0.1, 0.15) is 20.3 Å². The van der Waals surface area contributed by atoms with Gasteiger partial charge in [0.25, 0.3) is 5.91 Å². The van der Waals surface area contributed by atoms with Gasteiger partial charge >= 0.3 is 0 Å². The number of aliphatic imine (C=N–C) groups is 1. The van der Waals surface area contributed by atoms with Gasteiger partial charge in [0.15, 0.2) is 5.17 Å². The average Bonchev–Trinajstić information content (AvgIpc) is 2.85. The van der Waals surface area contributed by atoms with Crippen LogP contribution in [0, 0.1) is 5.82 Å². The van der Waals surface area contributed by atoms with Crippen molar-refractivity contribution in [3.05, 3.63) is 29.0 Å². The lowest BCUT2D eigenvalue weighted by Crippen LogP contribution is -2.27. The molecule has 23 heavy (non-hydrogen) atoms. The molecule has 5 nitrogen and oxygen atoms in total. The van der Waals surface area contributed by atoms with Gasteiger partial charge in [-0.2, -0.15) is 4.99 Å². The van der Waals surface area contributed by atoms with E-state index in [-0.39, 0.29) is 23.3 Å². The van der Waals surface area contributed by atoms with Gasteiger partial charge in [0.1, 0.15) is 11.1 Å². The maximum atomic E-state index is 13.1. The summed E-state index contributed by atoms with van der Waals surface area (Å²) >= 11 is 6.97. The van der Waals surface area contributed by atoms with Gasteiger partial charge in [0, 0.05) is 25.2 Å². The van der Waals surface area contributed by atoms with Gasteiger partial charge in [-0.25, -0.2) is 4.39 Å². The van der Waals surface area contributed by atoms with E-state index in [1.807, 2.05) is 18.7 Å². The summed E-state index contributed by atoms with van der Waals surface area (Å²) in [5.74, 6) is -1.19. The third-order valence-corrected chi connectivity index (χ3v) is 4.84. The molecule has 0 fully saturated rings. The Bertz CT molecular complexity index is 650. The molecular formula is C15H17ClFN3O2S. The van der Waals surface area contributed by atoms with Crippen LogP contribution >= 0.6 is 23.4 Å². The van der Waals surface area contributed by atoms with E-state index < -0.39 is 11.1 Å². The van der Waals surface area contributed by atoms with Gasteiger partial charge in [-0.3, -0.25) is 9.59 Å². The first-order chi connectivity index (χ1) is 10.9. The standard InChI is InChI=1S/C15H17ClFN3O2S/c1-3-20(4-2)15-19-14(22)12(23-15)8-13(21)18-9-5-6-11(17)10(16)7-9/h5-7,12H,3-4,8H2,1-2H3,(H,18,21)/t12-/m0/s1. The number of nitrogens with one attached hydrogen (secondary N) is 1. The Labute approximate surface area is 143 Å². The smallest absolute Gasteiger partial charge is 0.262 e. The minimum atomic E-state index is -0.552. The molecule has 1 atom stereocenters. The second kappa shape index (κ2) is 7.79. The predicted octanol–water partition coefficient (Wildman–Crippen LogP) is 3.15. The normalized spacial score (nSPS) is 17.1. The molecule has 0 radical (unpaired) electrons. The number of thioether (sulfide) groups is 1. The molecule has 0 aromatic heterocycles. The summed E-state index contributed by atoms with van der Waals surface area (Å²) in [6, 6.07) is 3.92. The monoisotopic (exact) mass is 357 g/mol. The highest BCUT2D eigenvalue weighted by atomic mass is 35.5. The summed E-state index contributed by atoms with van der Waals surface area (Å²) in [6.07, 6.45) is 0.00671. The number of carbonyl (C=O) groups excluding carboxylic acids is 2. The predicted molar refractivity (Wildman–Crippen MR) is 91.4 cm³/mol. The minimum Gasteiger partial charge on any atom is -0.352 e. The van der Waals surface area contributed by atoms with Crippen LogP contribution in [0.5, 0.6) is 0 Å². The molecule has 1 aromatic carbocycles. The van der Waals surface area contributed by atoms with Crippen LogP contribution in [-0.4, -0.2) is 40.2 Å². The highest BCUT2D eigenvalue weighted by molar-refractivity contribution is 8.15. The Morgan fingerprint density at radius 3 is 2.74 bits per heavy atom. The molecule has 1 N–H and O–H groups in total. The molecule has 1 aliphatic rings. The number of benzene rings is 1. The number of halogens is 2. The summed E-state index contributed by atoms with van der Waals surface area (Å²) in [6.45, 7) is 5.47. The lowest BCUT2D eigenvalue weighted by atomic mass is 10.2. The molecule has 0 bridgehead atoms. The van der Waals surface area contributed by atoms with Crippen molar-refractivity contribution in [2.75, 3.05) is 18.4 Å². The number of anilines is 1. The lowest BCUT2D eigenvalue weighted by Gasteiger charge is -2.19. The largest absolute Gasteiger partial charge is 0.352 e. The van der Waals surface area contributed by atoms with Gasteiger partial charge in [-0.15, -0.1) is 0 Å². The van der Waals surface area contributed by atoms with Crippen molar-refractivity contribution in [1.29, 1.82) is 0 Å². The van der Waals surface area contributed by atoms with E-state index in [0.717, 1.165) is 13.1 Å². The highest BCUT2D eigenvalue weighted by Crippen LogP contribution is 2.27. The van der Waals surface area contributed by atoms with Gasteiger partial charge in [-0.1, -0.05) is 23.4 Å². The van der Waals surface area contributed by atoms with Gasteiger partial charge in [-0.05, 0) is 32.0 Å². The third-order valence-electron chi connectivity index (χ3n) is 3.34. The molecule has 124 valence electrons. The van der Waals surface area contributed by atoms with E-state index in [1.54, 1.807) is 0 Å². The van der Waals surface area contributed by atoms with Crippen molar-refractivity contribution in [1.82, 2.24) is 4.90 Å². The van der Waals surface area contributed by atoms with Crippen molar-refractivity contribution < 1.29 is 14.0 Å². The first kappa shape index (κ1) is 17.7. The Morgan fingerprint density at radius 2 is 2.13 bits per heavy atom. The fourth-order valence-electron chi connectivity index (χ4n) is 2.09. The first-order valence-corrected chi connectivity index (χ1v) is 8.49. The molecule has 0 spiro atoms. The van der Waals surface area contributed by atoms with Crippen molar-refractivity contribution in [2.24, 2.45) is 4.99 Å². The van der Waals surface area contributed by atoms with Crippen LogP contribution in [0.4, 0.5) is 10.1 Å². The molecule has 0 saturated heterocycles. The Morgan fingerprint density at radius 1 is 1.43 bits per heavy atom. The van der Waals surface area contributed by atoms with Crippen molar-refractivity contribution >= 4 is 46.0 Å². The van der Waals surface area contributed by atoms with Gasteiger partial charge in [0.2, 0.25) is 5.91 Å². The SMILES string of the molecule is CCN(CC)C1=NC(=O)[C@H](CC(=O)Nc2ccc(F)c(Cl)c2)S1. The summed E-state index contributed by atoms with van der Waals surface area (Å²) in [7, 11) is 0. The highest BCUT2D eigenvalue weighted by Gasteiger charge is 2.32. The molecule has 0 aliphatic carbocycles. The lowest BCUT2D eigenvalue weighted by molar-refractivity contribution is -0.121. The third kappa shape index (κ3) is 4.45. The molecule has 2 amide bonds. The molecular weight excluding hydrogens is 341 g/mol. The number of hydrogen-bond acceptors (Lipinski definition) is 4. The second-order valence-electron chi connectivity index (χ2n) is 4.89. The van der Waals surface area contributed by atoms with Crippen molar-refractivity contribution in [2.45, 2.75) is 25.5 Å². The van der Waals surface area contributed by atoms with Crippen LogP contribution in [0.3, 0.4) is 0 Å². The maximum Gasteiger partial charge on any atom is 0.262 e. The zero-order chi connectivity index (χ0) is 17.0. The van der Waals surface area contributed by atoms with Crippen LogP contribution in [0.15, 0.2) is 23.2 Å². The zero-order valence-electron chi connectivity index (χ0n) is 12.8. The average molecular weight is 358 g/mol.